The minimum atomic E-state index is -3.33. The third kappa shape index (κ3) is 5.23. The van der Waals surface area contributed by atoms with E-state index in [9.17, 15) is 8.42 Å². The fourth-order valence-electron chi connectivity index (χ4n) is 2.09. The molecule has 0 heterocycles. The van der Waals surface area contributed by atoms with E-state index in [1.54, 1.807) is 0 Å². The number of hydrogen-bond donors (Lipinski definition) is 2. The van der Waals surface area contributed by atoms with Crippen molar-refractivity contribution in [3.05, 3.63) is 0 Å². The van der Waals surface area contributed by atoms with Crippen molar-refractivity contribution >= 4 is 27.2 Å². The number of rotatable bonds is 4. The first kappa shape index (κ1) is 13.9. The minimum Gasteiger partial charge on any atom is -0.392 e. The smallest absolute Gasteiger partial charge is 0.218 e. The van der Waals surface area contributed by atoms with Gasteiger partial charge in [-0.25, -0.2) is 13.1 Å². The fourth-order valence-corrected chi connectivity index (χ4v) is 3.75. The molecule has 1 saturated carbocycles. The number of thiocarbonyl (C=S) groups is 1. The van der Waals surface area contributed by atoms with Crippen LogP contribution in [0.25, 0.3) is 0 Å². The van der Waals surface area contributed by atoms with Gasteiger partial charge in [-0.3, -0.25) is 0 Å². The molecule has 0 aromatic carbocycles. The monoisotopic (exact) mass is 264 g/mol. The molecule has 2 atom stereocenters. The third-order valence-electron chi connectivity index (χ3n) is 2.94. The zero-order chi connectivity index (χ0) is 12.2. The molecule has 0 saturated heterocycles. The second-order valence-corrected chi connectivity index (χ2v) is 6.93. The van der Waals surface area contributed by atoms with Crippen molar-refractivity contribution in [1.82, 2.24) is 4.72 Å². The topological polar surface area (TPSA) is 72.2 Å². The highest BCUT2D eigenvalue weighted by molar-refractivity contribution is 7.92. The van der Waals surface area contributed by atoms with Crippen LogP contribution < -0.4 is 10.5 Å². The lowest BCUT2D eigenvalue weighted by atomic mass is 10.0. The largest absolute Gasteiger partial charge is 0.392 e. The zero-order valence-electron chi connectivity index (χ0n) is 9.61. The molecule has 1 aliphatic carbocycles. The molecule has 16 heavy (non-hydrogen) atoms. The van der Waals surface area contributed by atoms with E-state index in [0.717, 1.165) is 25.7 Å². The number of sulfonamides is 1. The molecule has 3 N–H and O–H groups in total. The second-order valence-electron chi connectivity index (χ2n) is 4.65. The predicted molar refractivity (Wildman–Crippen MR) is 69.7 cm³/mol. The maximum Gasteiger partial charge on any atom is 0.218 e. The summed E-state index contributed by atoms with van der Waals surface area (Å²) in [5.41, 5.74) is 5.25. The van der Waals surface area contributed by atoms with Crippen LogP contribution in [0.4, 0.5) is 0 Å². The molecular weight excluding hydrogens is 244 g/mol. The Balaban J connectivity index is 2.50. The van der Waals surface area contributed by atoms with Crippen molar-refractivity contribution in [3.63, 3.8) is 0 Å². The van der Waals surface area contributed by atoms with Gasteiger partial charge in [-0.2, -0.15) is 0 Å². The molecule has 0 bridgehead atoms. The molecule has 1 rings (SSSR count). The molecule has 0 spiro atoms. The van der Waals surface area contributed by atoms with Crippen LogP contribution in [0.15, 0.2) is 0 Å². The molecule has 0 radical (unpaired) electrons. The van der Waals surface area contributed by atoms with Gasteiger partial charge in [0.25, 0.3) is 0 Å². The highest BCUT2D eigenvalue weighted by atomic mass is 32.2. The first-order valence-corrected chi connectivity index (χ1v) is 7.73. The van der Waals surface area contributed by atoms with E-state index in [-0.39, 0.29) is 16.8 Å². The third-order valence-corrected chi connectivity index (χ3v) is 4.65. The maximum atomic E-state index is 11.6. The molecule has 1 fully saturated rings. The van der Waals surface area contributed by atoms with E-state index in [1.165, 1.54) is 6.42 Å². The summed E-state index contributed by atoms with van der Waals surface area (Å²) in [7, 11) is -3.33. The van der Waals surface area contributed by atoms with Crippen LogP contribution in [0.3, 0.4) is 0 Å². The van der Waals surface area contributed by atoms with Gasteiger partial charge >= 0.3 is 0 Å². The number of nitrogens with one attached hydrogen (secondary N) is 1. The van der Waals surface area contributed by atoms with Crippen molar-refractivity contribution in [2.24, 2.45) is 11.7 Å². The normalized spacial score (nSPS) is 27.3. The van der Waals surface area contributed by atoms with Gasteiger partial charge in [0.2, 0.25) is 10.0 Å². The fraction of sp³-hybridized carbons (Fsp3) is 0.900. The highest BCUT2D eigenvalue weighted by Crippen LogP contribution is 2.22. The summed E-state index contributed by atoms with van der Waals surface area (Å²) < 4.78 is 25.9. The van der Waals surface area contributed by atoms with Gasteiger partial charge in [0.15, 0.2) is 0 Å². The van der Waals surface area contributed by atoms with Gasteiger partial charge < -0.3 is 5.73 Å². The Kier molecular flexibility index (Phi) is 5.14. The van der Waals surface area contributed by atoms with Crippen LogP contribution in [0.5, 0.6) is 0 Å². The van der Waals surface area contributed by atoms with Crippen molar-refractivity contribution in [1.29, 1.82) is 0 Å². The molecule has 6 heteroatoms. The van der Waals surface area contributed by atoms with Crippen molar-refractivity contribution in [3.8, 4) is 0 Å². The Hall–Kier alpha value is -0.200. The van der Waals surface area contributed by atoms with Gasteiger partial charge in [-0.1, -0.05) is 32.0 Å². The highest BCUT2D eigenvalue weighted by Gasteiger charge is 2.21. The standard InChI is InChI=1S/C10H20N2O2S2/c1-8-3-2-4-9(6-5-8)12-16(13,14)7-10(11)15/h8-9,12H,2-7H2,1H3,(H2,11,15). The summed E-state index contributed by atoms with van der Waals surface area (Å²) in [4.78, 5) is 0.0227. The quantitative estimate of drug-likeness (QED) is 0.590. The van der Waals surface area contributed by atoms with E-state index in [2.05, 4.69) is 23.9 Å². The number of hydrogen-bond acceptors (Lipinski definition) is 3. The van der Waals surface area contributed by atoms with Crippen molar-refractivity contribution < 1.29 is 8.42 Å². The van der Waals surface area contributed by atoms with Crippen LogP contribution in [-0.2, 0) is 10.0 Å². The SMILES string of the molecule is CC1CCCC(NS(=O)(=O)CC(N)=S)CC1. The molecule has 0 aromatic heterocycles. The van der Waals surface area contributed by atoms with Crippen LogP contribution in [0, 0.1) is 5.92 Å². The average Bonchev–Trinajstić information content (AvgIpc) is 2.28. The van der Waals surface area contributed by atoms with Gasteiger partial charge in [0.05, 0.1) is 4.99 Å². The molecule has 0 aromatic rings. The maximum absolute atomic E-state index is 11.6. The molecule has 2 unspecified atom stereocenters. The summed E-state index contributed by atoms with van der Waals surface area (Å²) in [5.74, 6) is 0.457. The predicted octanol–water partition coefficient (Wildman–Crippen LogP) is 1.16. The summed E-state index contributed by atoms with van der Waals surface area (Å²) in [6, 6.07) is 0.0595. The Morgan fingerprint density at radius 1 is 1.38 bits per heavy atom. The Bertz CT molecular complexity index is 341. The van der Waals surface area contributed by atoms with Crippen LogP contribution in [0.2, 0.25) is 0 Å². The molecular formula is C10H20N2O2S2. The van der Waals surface area contributed by atoms with Crippen LogP contribution >= 0.6 is 12.2 Å². The second kappa shape index (κ2) is 5.93. The van der Waals surface area contributed by atoms with E-state index in [0.29, 0.717) is 5.92 Å². The minimum absolute atomic E-state index is 0.0227. The first-order valence-electron chi connectivity index (χ1n) is 5.67. The molecule has 0 aliphatic heterocycles. The Morgan fingerprint density at radius 2 is 2.06 bits per heavy atom. The lowest BCUT2D eigenvalue weighted by molar-refractivity contribution is 0.485. The summed E-state index contributed by atoms with van der Waals surface area (Å²) in [5, 5.41) is 0. The zero-order valence-corrected chi connectivity index (χ0v) is 11.2. The Morgan fingerprint density at radius 3 is 2.69 bits per heavy atom. The molecule has 4 nitrogen and oxygen atoms in total. The Labute approximate surface area is 103 Å². The van der Waals surface area contributed by atoms with Crippen LogP contribution in [0.1, 0.15) is 39.0 Å². The summed E-state index contributed by atoms with van der Waals surface area (Å²) in [6.07, 6.45) is 5.19. The molecule has 1 aliphatic rings. The first-order chi connectivity index (χ1) is 7.39. The number of nitrogens with two attached hydrogens (primary N) is 1. The van der Waals surface area contributed by atoms with Gasteiger partial charge in [0, 0.05) is 6.04 Å². The van der Waals surface area contributed by atoms with Gasteiger partial charge in [0.1, 0.15) is 5.75 Å². The van der Waals surface area contributed by atoms with Gasteiger partial charge in [-0.15, -0.1) is 0 Å². The van der Waals surface area contributed by atoms with Crippen molar-refractivity contribution in [2.45, 2.75) is 45.1 Å². The van der Waals surface area contributed by atoms with E-state index in [1.807, 2.05) is 0 Å². The lowest BCUT2D eigenvalue weighted by Crippen LogP contribution is -2.39. The summed E-state index contributed by atoms with van der Waals surface area (Å²) >= 11 is 4.62. The van der Waals surface area contributed by atoms with E-state index in [4.69, 9.17) is 5.73 Å². The van der Waals surface area contributed by atoms with Gasteiger partial charge in [-0.05, 0) is 25.2 Å². The van der Waals surface area contributed by atoms with Crippen molar-refractivity contribution in [2.75, 3.05) is 5.75 Å². The van der Waals surface area contributed by atoms with E-state index >= 15 is 0 Å². The van der Waals surface area contributed by atoms with Crippen LogP contribution in [-0.4, -0.2) is 25.2 Å². The summed E-state index contributed by atoms with van der Waals surface area (Å²) in [6.45, 7) is 2.21. The molecule has 0 amide bonds. The lowest BCUT2D eigenvalue weighted by Gasteiger charge is -2.16. The molecule has 94 valence electrons. The average molecular weight is 264 g/mol. The van der Waals surface area contributed by atoms with E-state index < -0.39 is 10.0 Å².